The molecule has 0 aliphatic heterocycles. The third-order valence-corrected chi connectivity index (χ3v) is 4.55. The van der Waals surface area contributed by atoms with Gasteiger partial charge in [0.25, 0.3) is 5.91 Å². The summed E-state index contributed by atoms with van der Waals surface area (Å²) >= 11 is 0. The van der Waals surface area contributed by atoms with E-state index in [0.717, 1.165) is 16.7 Å². The third-order valence-electron chi connectivity index (χ3n) is 4.55. The summed E-state index contributed by atoms with van der Waals surface area (Å²) in [6, 6.07) is 22.9. The van der Waals surface area contributed by atoms with Crippen LogP contribution in [0.3, 0.4) is 0 Å². The standard InChI is InChI=1S/C23H23NO3/c1-16-9-7-8-12-19(16)22(17-10-5-4-6-11-17)24-23(25)18-13-14-20(26-2)21(15-18)27-3/h4-15,22H,1-3H3,(H,24,25). The lowest BCUT2D eigenvalue weighted by atomic mass is 9.94. The fourth-order valence-corrected chi connectivity index (χ4v) is 3.09. The van der Waals surface area contributed by atoms with Gasteiger partial charge in [-0.2, -0.15) is 0 Å². The minimum atomic E-state index is -0.243. The Morgan fingerprint density at radius 3 is 2.19 bits per heavy atom. The molecule has 1 amide bonds. The van der Waals surface area contributed by atoms with E-state index in [2.05, 4.69) is 5.32 Å². The second-order valence-electron chi connectivity index (χ2n) is 6.24. The molecule has 0 bridgehead atoms. The van der Waals surface area contributed by atoms with Crippen LogP contribution in [0.1, 0.15) is 33.1 Å². The van der Waals surface area contributed by atoms with Crippen molar-refractivity contribution in [2.75, 3.05) is 14.2 Å². The summed E-state index contributed by atoms with van der Waals surface area (Å²) in [5.74, 6) is 0.943. The molecule has 3 aromatic rings. The molecule has 3 rings (SSSR count). The normalized spacial score (nSPS) is 11.5. The van der Waals surface area contributed by atoms with Crippen molar-refractivity contribution in [3.63, 3.8) is 0 Å². The molecular weight excluding hydrogens is 338 g/mol. The van der Waals surface area contributed by atoms with E-state index in [4.69, 9.17) is 9.47 Å². The van der Waals surface area contributed by atoms with Gasteiger partial charge in [0.2, 0.25) is 0 Å². The SMILES string of the molecule is COc1ccc(C(=O)NC(c2ccccc2)c2ccccc2C)cc1OC. The average Bonchev–Trinajstić information content (AvgIpc) is 2.72. The number of carbonyl (C=O) groups excluding carboxylic acids is 1. The first-order chi connectivity index (χ1) is 13.1. The van der Waals surface area contributed by atoms with Crippen molar-refractivity contribution in [3.8, 4) is 11.5 Å². The van der Waals surface area contributed by atoms with Gasteiger partial charge in [0, 0.05) is 5.56 Å². The molecule has 138 valence electrons. The van der Waals surface area contributed by atoms with Crippen molar-refractivity contribution in [1.82, 2.24) is 5.32 Å². The van der Waals surface area contributed by atoms with Gasteiger partial charge in [-0.1, -0.05) is 54.6 Å². The maximum Gasteiger partial charge on any atom is 0.252 e. The molecule has 1 unspecified atom stereocenters. The Bertz CT molecular complexity index is 922. The molecule has 0 heterocycles. The van der Waals surface area contributed by atoms with Gasteiger partial charge < -0.3 is 14.8 Å². The van der Waals surface area contributed by atoms with Crippen molar-refractivity contribution in [3.05, 3.63) is 95.1 Å². The highest BCUT2D eigenvalue weighted by atomic mass is 16.5. The molecule has 0 radical (unpaired) electrons. The van der Waals surface area contributed by atoms with Crippen molar-refractivity contribution in [1.29, 1.82) is 0 Å². The van der Waals surface area contributed by atoms with Crippen LogP contribution in [-0.4, -0.2) is 20.1 Å². The molecule has 0 saturated carbocycles. The summed E-state index contributed by atoms with van der Waals surface area (Å²) in [4.78, 5) is 13.0. The topological polar surface area (TPSA) is 47.6 Å². The van der Waals surface area contributed by atoms with Crippen LogP contribution in [0.2, 0.25) is 0 Å². The highest BCUT2D eigenvalue weighted by Gasteiger charge is 2.20. The Morgan fingerprint density at radius 2 is 1.52 bits per heavy atom. The molecule has 1 atom stereocenters. The minimum Gasteiger partial charge on any atom is -0.493 e. The van der Waals surface area contributed by atoms with E-state index in [1.54, 1.807) is 32.4 Å². The first kappa shape index (κ1) is 18.5. The quantitative estimate of drug-likeness (QED) is 0.702. The average molecular weight is 361 g/mol. The molecular formula is C23H23NO3. The largest absolute Gasteiger partial charge is 0.493 e. The molecule has 4 nitrogen and oxygen atoms in total. The van der Waals surface area contributed by atoms with E-state index in [1.165, 1.54) is 0 Å². The lowest BCUT2D eigenvalue weighted by Crippen LogP contribution is -2.29. The molecule has 0 aliphatic carbocycles. The van der Waals surface area contributed by atoms with Crippen molar-refractivity contribution < 1.29 is 14.3 Å². The van der Waals surface area contributed by atoms with Crippen LogP contribution in [0.25, 0.3) is 0 Å². The van der Waals surface area contributed by atoms with Crippen molar-refractivity contribution >= 4 is 5.91 Å². The molecule has 27 heavy (non-hydrogen) atoms. The Balaban J connectivity index is 1.95. The number of ether oxygens (including phenoxy) is 2. The molecule has 0 aliphatic rings. The predicted octanol–water partition coefficient (Wildman–Crippen LogP) is 4.53. The monoisotopic (exact) mass is 361 g/mol. The number of hydrogen-bond acceptors (Lipinski definition) is 3. The maximum atomic E-state index is 13.0. The number of benzene rings is 3. The number of aryl methyl sites for hydroxylation is 1. The van der Waals surface area contributed by atoms with Gasteiger partial charge in [-0.3, -0.25) is 4.79 Å². The summed E-state index contributed by atoms with van der Waals surface area (Å²) in [7, 11) is 3.13. The minimum absolute atomic E-state index is 0.173. The smallest absolute Gasteiger partial charge is 0.252 e. The van der Waals surface area contributed by atoms with Crippen LogP contribution in [0.15, 0.2) is 72.8 Å². The lowest BCUT2D eigenvalue weighted by Gasteiger charge is -2.22. The number of methoxy groups -OCH3 is 2. The number of amides is 1. The van der Waals surface area contributed by atoms with Gasteiger partial charge >= 0.3 is 0 Å². The van der Waals surface area contributed by atoms with Crippen LogP contribution < -0.4 is 14.8 Å². The fourth-order valence-electron chi connectivity index (χ4n) is 3.09. The summed E-state index contributed by atoms with van der Waals surface area (Å²) in [5, 5.41) is 3.16. The Hall–Kier alpha value is -3.27. The van der Waals surface area contributed by atoms with Gasteiger partial charge in [-0.05, 0) is 41.8 Å². The van der Waals surface area contributed by atoms with Crippen LogP contribution in [0, 0.1) is 6.92 Å². The number of nitrogens with one attached hydrogen (secondary N) is 1. The zero-order chi connectivity index (χ0) is 19.2. The zero-order valence-electron chi connectivity index (χ0n) is 15.7. The summed E-state index contributed by atoms with van der Waals surface area (Å²) < 4.78 is 10.6. The summed E-state index contributed by atoms with van der Waals surface area (Å²) in [5.41, 5.74) is 3.74. The number of carbonyl (C=O) groups is 1. The third kappa shape index (κ3) is 4.11. The van der Waals surface area contributed by atoms with E-state index >= 15 is 0 Å². The van der Waals surface area contributed by atoms with Crippen LogP contribution in [0.5, 0.6) is 11.5 Å². The van der Waals surface area contributed by atoms with Crippen molar-refractivity contribution in [2.45, 2.75) is 13.0 Å². The van der Waals surface area contributed by atoms with Crippen LogP contribution in [-0.2, 0) is 0 Å². The lowest BCUT2D eigenvalue weighted by molar-refractivity contribution is 0.0942. The molecule has 3 aromatic carbocycles. The van der Waals surface area contributed by atoms with E-state index in [-0.39, 0.29) is 11.9 Å². The summed E-state index contributed by atoms with van der Waals surface area (Å²) in [6.45, 7) is 2.05. The van der Waals surface area contributed by atoms with Gasteiger partial charge in [-0.15, -0.1) is 0 Å². The Morgan fingerprint density at radius 1 is 0.852 bits per heavy atom. The Kier molecular flexibility index (Phi) is 5.77. The van der Waals surface area contributed by atoms with Gasteiger partial charge in [0.15, 0.2) is 11.5 Å². The van der Waals surface area contributed by atoms with Crippen LogP contribution in [0.4, 0.5) is 0 Å². The van der Waals surface area contributed by atoms with Crippen molar-refractivity contribution in [2.24, 2.45) is 0 Å². The molecule has 4 heteroatoms. The fraction of sp³-hybridized carbons (Fsp3) is 0.174. The number of rotatable bonds is 6. The first-order valence-electron chi connectivity index (χ1n) is 8.77. The number of hydrogen-bond donors (Lipinski definition) is 1. The van der Waals surface area contributed by atoms with Gasteiger partial charge in [-0.25, -0.2) is 0 Å². The Labute approximate surface area is 159 Å². The highest BCUT2D eigenvalue weighted by molar-refractivity contribution is 5.95. The molecule has 0 fully saturated rings. The first-order valence-corrected chi connectivity index (χ1v) is 8.77. The molecule has 0 spiro atoms. The van der Waals surface area contributed by atoms with Gasteiger partial charge in [0.1, 0.15) is 0 Å². The summed E-state index contributed by atoms with van der Waals surface area (Å²) in [6.07, 6.45) is 0. The van der Waals surface area contributed by atoms with E-state index in [0.29, 0.717) is 17.1 Å². The van der Waals surface area contributed by atoms with E-state index in [9.17, 15) is 4.79 Å². The second-order valence-corrected chi connectivity index (χ2v) is 6.24. The second kappa shape index (κ2) is 8.41. The molecule has 1 N–H and O–H groups in total. The molecule has 0 aromatic heterocycles. The van der Waals surface area contributed by atoms with E-state index < -0.39 is 0 Å². The highest BCUT2D eigenvalue weighted by Crippen LogP contribution is 2.29. The van der Waals surface area contributed by atoms with Crippen LogP contribution >= 0.6 is 0 Å². The van der Waals surface area contributed by atoms with Gasteiger partial charge in [0.05, 0.1) is 20.3 Å². The predicted molar refractivity (Wildman–Crippen MR) is 106 cm³/mol. The molecule has 0 saturated heterocycles. The maximum absolute atomic E-state index is 13.0. The zero-order valence-corrected chi connectivity index (χ0v) is 15.7. The van der Waals surface area contributed by atoms with E-state index in [1.807, 2.05) is 61.5 Å².